The molecule has 0 aliphatic carbocycles. The van der Waals surface area contributed by atoms with E-state index in [4.69, 9.17) is 0 Å². The average Bonchev–Trinajstić information content (AvgIpc) is 3.31. The fourth-order valence-electron chi connectivity index (χ4n) is 4.18. The molecule has 1 aromatic heterocycles. The first-order valence-corrected chi connectivity index (χ1v) is 12.8. The highest BCUT2D eigenvalue weighted by Crippen LogP contribution is 2.35. The van der Waals surface area contributed by atoms with Gasteiger partial charge < -0.3 is 9.67 Å². The Balaban J connectivity index is 1.61. The fourth-order valence-corrected chi connectivity index (χ4v) is 4.52. The lowest BCUT2D eigenvalue weighted by Gasteiger charge is -2.15. The maximum atomic E-state index is 12.7. The molecule has 4 aromatic carbocycles. The van der Waals surface area contributed by atoms with E-state index in [2.05, 4.69) is 76.6 Å². The van der Waals surface area contributed by atoms with Crippen molar-refractivity contribution in [2.24, 2.45) is 5.10 Å². The van der Waals surface area contributed by atoms with Crippen molar-refractivity contribution in [3.05, 3.63) is 129 Å². The summed E-state index contributed by atoms with van der Waals surface area (Å²) < 4.78 is 2.90. The van der Waals surface area contributed by atoms with Crippen LogP contribution in [0.3, 0.4) is 0 Å². The highest BCUT2D eigenvalue weighted by atomic mass is 127. The number of aromatic hydroxyl groups is 1. The zero-order valence-corrected chi connectivity index (χ0v) is 22.3. The molecule has 1 amide bonds. The third-order valence-electron chi connectivity index (χ3n) is 6.02. The largest absolute Gasteiger partial charge is 0.507 e. The molecule has 6 heteroatoms. The number of nitrogens with zero attached hydrogens (tertiary/aromatic N) is 2. The third-order valence-corrected chi connectivity index (χ3v) is 6.93. The van der Waals surface area contributed by atoms with Gasteiger partial charge in [0.15, 0.2) is 0 Å². The van der Waals surface area contributed by atoms with Crippen LogP contribution in [-0.4, -0.2) is 21.8 Å². The van der Waals surface area contributed by atoms with Crippen LogP contribution < -0.4 is 5.43 Å². The molecule has 5 aromatic rings. The van der Waals surface area contributed by atoms with Gasteiger partial charge in [-0.25, -0.2) is 5.43 Å². The molecule has 0 aliphatic rings. The van der Waals surface area contributed by atoms with E-state index in [-0.39, 0.29) is 5.75 Å². The Kier molecular flexibility index (Phi) is 7.18. The topological polar surface area (TPSA) is 66.6 Å². The van der Waals surface area contributed by atoms with Gasteiger partial charge in [0.2, 0.25) is 0 Å². The van der Waals surface area contributed by atoms with Crippen molar-refractivity contribution in [1.82, 2.24) is 9.99 Å². The van der Waals surface area contributed by atoms with Crippen molar-refractivity contribution in [2.45, 2.75) is 6.92 Å². The lowest BCUT2D eigenvalue weighted by molar-refractivity contribution is 0.0954. The molecule has 2 N–H and O–H groups in total. The smallest absolute Gasteiger partial charge is 0.271 e. The number of aromatic nitrogens is 1. The molecule has 5 rings (SSSR count). The van der Waals surface area contributed by atoms with Gasteiger partial charge in [0.25, 0.3) is 5.91 Å². The number of phenols is 1. The lowest BCUT2D eigenvalue weighted by Crippen LogP contribution is -2.17. The van der Waals surface area contributed by atoms with Gasteiger partial charge in [-0.15, -0.1) is 0 Å². The molecule has 0 saturated carbocycles. The summed E-state index contributed by atoms with van der Waals surface area (Å²) in [5.74, 6) is -0.336. The molecule has 5 nitrogen and oxygen atoms in total. The molecule has 37 heavy (non-hydrogen) atoms. The fraction of sp³-hybridized carbons (Fsp3) is 0.0323. The van der Waals surface area contributed by atoms with Gasteiger partial charge >= 0.3 is 0 Å². The normalized spacial score (nSPS) is 11.1. The van der Waals surface area contributed by atoms with E-state index in [1.54, 1.807) is 18.3 Å². The average molecular weight is 597 g/mol. The Labute approximate surface area is 229 Å². The van der Waals surface area contributed by atoms with Crippen LogP contribution in [0.1, 0.15) is 21.5 Å². The number of nitrogens with one attached hydrogen (secondary N) is 1. The van der Waals surface area contributed by atoms with Crippen LogP contribution in [0.15, 0.2) is 114 Å². The van der Waals surface area contributed by atoms with Crippen LogP contribution in [0.4, 0.5) is 0 Å². The number of carbonyl (C=O) groups is 1. The van der Waals surface area contributed by atoms with E-state index in [9.17, 15) is 9.90 Å². The van der Waals surface area contributed by atoms with E-state index < -0.39 is 5.91 Å². The van der Waals surface area contributed by atoms with E-state index in [0.29, 0.717) is 9.13 Å². The van der Waals surface area contributed by atoms with Gasteiger partial charge in [-0.3, -0.25) is 4.79 Å². The Morgan fingerprint density at radius 1 is 0.865 bits per heavy atom. The highest BCUT2D eigenvalue weighted by Gasteiger charge is 2.18. The van der Waals surface area contributed by atoms with Gasteiger partial charge in [-0.2, -0.15) is 5.10 Å². The quantitative estimate of drug-likeness (QED) is 0.124. The first-order valence-electron chi connectivity index (χ1n) is 11.8. The Hall–Kier alpha value is -4.17. The number of halogens is 1. The number of hydrazone groups is 1. The summed E-state index contributed by atoms with van der Waals surface area (Å²) in [5, 5.41) is 14.2. The Morgan fingerprint density at radius 3 is 2.16 bits per heavy atom. The summed E-state index contributed by atoms with van der Waals surface area (Å²) >= 11 is 2.01. The second-order valence-corrected chi connectivity index (χ2v) is 9.76. The van der Waals surface area contributed by atoms with Crippen molar-refractivity contribution < 1.29 is 9.90 Å². The second-order valence-electron chi connectivity index (χ2n) is 8.60. The van der Waals surface area contributed by atoms with Crippen molar-refractivity contribution in [3.63, 3.8) is 0 Å². The molecule has 0 bridgehead atoms. The number of aryl methyl sites for hydroxylation is 1. The number of benzene rings is 4. The van der Waals surface area contributed by atoms with Crippen LogP contribution in [0.2, 0.25) is 0 Å². The van der Waals surface area contributed by atoms with E-state index in [1.807, 2.05) is 59.0 Å². The molecule has 0 unspecified atom stereocenters. The summed E-state index contributed by atoms with van der Waals surface area (Å²) in [6, 6.07) is 35.7. The van der Waals surface area contributed by atoms with Crippen LogP contribution in [0.5, 0.6) is 5.75 Å². The summed E-state index contributed by atoms with van der Waals surface area (Å²) in [4.78, 5) is 12.7. The lowest BCUT2D eigenvalue weighted by atomic mass is 10.1. The predicted molar refractivity (Wildman–Crippen MR) is 157 cm³/mol. The van der Waals surface area contributed by atoms with Gasteiger partial charge in [0.1, 0.15) is 5.75 Å². The summed E-state index contributed by atoms with van der Waals surface area (Å²) in [6.07, 6.45) is 1.67. The number of phenolic OH excluding ortho intramolecular Hbond substituents is 1. The molecule has 0 saturated heterocycles. The minimum atomic E-state index is -0.398. The second kappa shape index (κ2) is 10.8. The van der Waals surface area contributed by atoms with Crippen molar-refractivity contribution in [2.75, 3.05) is 0 Å². The van der Waals surface area contributed by atoms with Crippen molar-refractivity contribution in [1.29, 1.82) is 0 Å². The van der Waals surface area contributed by atoms with Crippen LogP contribution in [0, 0.1) is 10.5 Å². The molecule has 0 radical (unpaired) electrons. The zero-order chi connectivity index (χ0) is 25.8. The molecule has 1 heterocycles. The third kappa shape index (κ3) is 5.34. The molecule has 0 fully saturated rings. The van der Waals surface area contributed by atoms with Crippen LogP contribution in [-0.2, 0) is 0 Å². The van der Waals surface area contributed by atoms with Crippen LogP contribution >= 0.6 is 22.6 Å². The minimum absolute atomic E-state index is 0.0614. The SMILES string of the molecule is Cc1ccc(-n2c(-c3ccccc3)cc(/C=N\NC(=O)c3ccc(I)c(O)c3)c2-c2ccccc2)cc1. The zero-order valence-electron chi connectivity index (χ0n) is 20.1. The summed E-state index contributed by atoms with van der Waals surface area (Å²) in [6.45, 7) is 2.07. The molecule has 0 atom stereocenters. The van der Waals surface area contributed by atoms with Crippen molar-refractivity contribution >= 4 is 34.7 Å². The number of carbonyl (C=O) groups excluding carboxylic acids is 1. The Bertz CT molecular complexity index is 1570. The number of hydrogen-bond acceptors (Lipinski definition) is 3. The van der Waals surface area contributed by atoms with E-state index in [1.165, 1.54) is 11.6 Å². The molecule has 0 spiro atoms. The van der Waals surface area contributed by atoms with Gasteiger partial charge in [0, 0.05) is 16.8 Å². The first kappa shape index (κ1) is 24.5. The number of amides is 1. The molecule has 0 aliphatic heterocycles. The molecular formula is C31H24IN3O2. The van der Waals surface area contributed by atoms with E-state index in [0.717, 1.165) is 33.8 Å². The summed E-state index contributed by atoms with van der Waals surface area (Å²) in [5.41, 5.74) is 10.1. The highest BCUT2D eigenvalue weighted by molar-refractivity contribution is 14.1. The predicted octanol–water partition coefficient (Wildman–Crippen LogP) is 7.19. The maximum Gasteiger partial charge on any atom is 0.271 e. The van der Waals surface area contributed by atoms with Gasteiger partial charge in [0.05, 0.1) is 21.2 Å². The monoisotopic (exact) mass is 597 g/mol. The number of hydrogen-bond donors (Lipinski definition) is 2. The minimum Gasteiger partial charge on any atom is -0.507 e. The standard InChI is InChI=1S/C31H24IN3O2/c1-21-12-15-26(16-13-21)35-28(22-8-4-2-5-9-22)18-25(30(35)23-10-6-3-7-11-23)20-33-34-31(37)24-14-17-27(32)29(36)19-24/h2-20,36H,1H3,(H,34,37)/b33-20-. The summed E-state index contributed by atoms with van der Waals surface area (Å²) in [7, 11) is 0. The Morgan fingerprint density at radius 2 is 1.51 bits per heavy atom. The maximum absolute atomic E-state index is 12.7. The molecule has 182 valence electrons. The van der Waals surface area contributed by atoms with Crippen molar-refractivity contribution in [3.8, 4) is 34.0 Å². The van der Waals surface area contributed by atoms with Crippen LogP contribution in [0.25, 0.3) is 28.2 Å². The number of rotatable bonds is 6. The van der Waals surface area contributed by atoms with Gasteiger partial charge in [-0.1, -0.05) is 78.4 Å². The molecular weight excluding hydrogens is 573 g/mol. The van der Waals surface area contributed by atoms with E-state index >= 15 is 0 Å². The first-order chi connectivity index (χ1) is 18.0. The van der Waals surface area contributed by atoms with Gasteiger partial charge in [-0.05, 0) is 77.0 Å².